The van der Waals surface area contributed by atoms with E-state index >= 15 is 0 Å². The molecule has 3 heteroatoms. The molecule has 1 aromatic heterocycles. The van der Waals surface area contributed by atoms with Crippen LogP contribution >= 0.6 is 0 Å². The molecule has 0 amide bonds. The molecule has 0 saturated heterocycles. The van der Waals surface area contributed by atoms with Crippen molar-refractivity contribution in [3.8, 4) is 5.75 Å². The fourth-order valence-corrected chi connectivity index (χ4v) is 1.08. The minimum Gasteiger partial charge on any atom is -0.488 e. The third kappa shape index (κ3) is 4.13. The molecule has 0 fully saturated rings. The fraction of sp³-hybridized carbons (Fsp3) is 0.417. The summed E-state index contributed by atoms with van der Waals surface area (Å²) in [5.41, 5.74) is 7.52. The quantitative estimate of drug-likeness (QED) is 0.723. The second kappa shape index (κ2) is 6.19. The van der Waals surface area contributed by atoms with Gasteiger partial charge in [-0.3, -0.25) is 4.98 Å². The van der Waals surface area contributed by atoms with E-state index in [-0.39, 0.29) is 0 Å². The van der Waals surface area contributed by atoms with Gasteiger partial charge in [0.05, 0.1) is 6.20 Å². The smallest absolute Gasteiger partial charge is 0.138 e. The average Bonchev–Trinajstić information content (AvgIpc) is 2.28. The highest BCUT2D eigenvalue weighted by molar-refractivity contribution is 5.20. The maximum absolute atomic E-state index is 5.50. The Labute approximate surface area is 91.0 Å². The first kappa shape index (κ1) is 11.7. The van der Waals surface area contributed by atoms with E-state index in [1.807, 2.05) is 12.1 Å². The summed E-state index contributed by atoms with van der Waals surface area (Å²) in [6.07, 6.45) is 3.48. The number of hydrogen-bond acceptors (Lipinski definition) is 3. The normalized spacial score (nSPS) is 10.0. The first-order valence-electron chi connectivity index (χ1n) is 5.20. The summed E-state index contributed by atoms with van der Waals surface area (Å²) < 4.78 is 5.50. The van der Waals surface area contributed by atoms with Crippen molar-refractivity contribution in [2.75, 3.05) is 13.2 Å². The summed E-state index contributed by atoms with van der Waals surface area (Å²) in [5, 5.41) is 0. The van der Waals surface area contributed by atoms with Crippen LogP contribution in [0.3, 0.4) is 0 Å². The van der Waals surface area contributed by atoms with E-state index in [0.717, 1.165) is 29.9 Å². The van der Waals surface area contributed by atoms with Crippen molar-refractivity contribution in [3.05, 3.63) is 36.2 Å². The topological polar surface area (TPSA) is 48.1 Å². The van der Waals surface area contributed by atoms with Gasteiger partial charge in [-0.15, -0.1) is 0 Å². The molecule has 0 aliphatic rings. The molecule has 0 aliphatic heterocycles. The van der Waals surface area contributed by atoms with Crippen molar-refractivity contribution in [1.82, 2.24) is 4.98 Å². The maximum Gasteiger partial charge on any atom is 0.138 e. The van der Waals surface area contributed by atoms with Crippen molar-refractivity contribution < 1.29 is 4.74 Å². The average molecular weight is 206 g/mol. The first-order valence-corrected chi connectivity index (χ1v) is 5.20. The minimum atomic E-state index is 0.564. The van der Waals surface area contributed by atoms with Gasteiger partial charge in [-0.2, -0.15) is 0 Å². The number of nitrogens with two attached hydrogens (primary N) is 1. The van der Waals surface area contributed by atoms with Crippen LogP contribution in [0.25, 0.3) is 0 Å². The highest BCUT2D eigenvalue weighted by Crippen LogP contribution is 2.10. The molecule has 3 nitrogen and oxygen atoms in total. The molecule has 0 atom stereocenters. The maximum atomic E-state index is 5.50. The molecule has 1 rings (SSSR count). The standard InChI is InChI=1S/C12H18N2O/c1-3-10(2)9-15-12-5-4-11(6-7-13)14-8-12/h4-5,8H,2-3,6-7,9,13H2,1H3. The number of pyridine rings is 1. The summed E-state index contributed by atoms with van der Waals surface area (Å²) in [7, 11) is 0. The summed E-state index contributed by atoms with van der Waals surface area (Å²) in [5.74, 6) is 0.783. The highest BCUT2D eigenvalue weighted by atomic mass is 16.5. The van der Waals surface area contributed by atoms with Crippen LogP contribution < -0.4 is 10.5 Å². The van der Waals surface area contributed by atoms with E-state index in [4.69, 9.17) is 10.5 Å². The van der Waals surface area contributed by atoms with Gasteiger partial charge in [0.1, 0.15) is 12.4 Å². The predicted octanol–water partition coefficient (Wildman–Crippen LogP) is 1.93. The van der Waals surface area contributed by atoms with Crippen LogP contribution in [-0.2, 0) is 6.42 Å². The number of hydrogen-bond donors (Lipinski definition) is 1. The Bertz CT molecular complexity index is 306. The van der Waals surface area contributed by atoms with E-state index in [1.165, 1.54) is 0 Å². The van der Waals surface area contributed by atoms with Gasteiger partial charge in [0, 0.05) is 12.1 Å². The fourth-order valence-electron chi connectivity index (χ4n) is 1.08. The minimum absolute atomic E-state index is 0.564. The molecular weight excluding hydrogens is 188 g/mol. The Balaban J connectivity index is 2.45. The number of rotatable bonds is 6. The largest absolute Gasteiger partial charge is 0.488 e. The summed E-state index contributed by atoms with van der Waals surface area (Å²) in [4.78, 5) is 4.24. The molecule has 0 unspecified atom stereocenters. The van der Waals surface area contributed by atoms with Crippen LogP contribution in [0.5, 0.6) is 5.75 Å². The number of aromatic nitrogens is 1. The summed E-state index contributed by atoms with van der Waals surface area (Å²) in [6, 6.07) is 3.86. The molecule has 1 heterocycles. The Hall–Kier alpha value is -1.35. The third-order valence-corrected chi connectivity index (χ3v) is 2.14. The molecule has 0 aromatic carbocycles. The van der Waals surface area contributed by atoms with E-state index in [1.54, 1.807) is 6.20 Å². The lowest BCUT2D eigenvalue weighted by atomic mass is 10.2. The molecular formula is C12H18N2O. The van der Waals surface area contributed by atoms with Crippen LogP contribution in [-0.4, -0.2) is 18.1 Å². The molecule has 0 saturated carbocycles. The van der Waals surface area contributed by atoms with Crippen molar-refractivity contribution >= 4 is 0 Å². The first-order chi connectivity index (χ1) is 7.26. The van der Waals surface area contributed by atoms with Crippen LogP contribution in [0, 0.1) is 0 Å². The molecule has 15 heavy (non-hydrogen) atoms. The third-order valence-electron chi connectivity index (χ3n) is 2.14. The summed E-state index contributed by atoms with van der Waals surface area (Å²) >= 11 is 0. The van der Waals surface area contributed by atoms with Crippen molar-refractivity contribution in [1.29, 1.82) is 0 Å². The van der Waals surface area contributed by atoms with Crippen molar-refractivity contribution in [3.63, 3.8) is 0 Å². The van der Waals surface area contributed by atoms with Crippen LogP contribution in [0.4, 0.5) is 0 Å². The van der Waals surface area contributed by atoms with Gasteiger partial charge in [-0.05, 0) is 30.7 Å². The molecule has 0 aliphatic carbocycles. The molecule has 1 aromatic rings. The van der Waals surface area contributed by atoms with Gasteiger partial charge in [-0.1, -0.05) is 13.5 Å². The zero-order chi connectivity index (χ0) is 11.1. The van der Waals surface area contributed by atoms with Gasteiger partial charge in [0.15, 0.2) is 0 Å². The van der Waals surface area contributed by atoms with Gasteiger partial charge in [0.2, 0.25) is 0 Å². The summed E-state index contributed by atoms with van der Waals surface area (Å²) in [6.45, 7) is 7.13. The van der Waals surface area contributed by atoms with Crippen LogP contribution in [0.1, 0.15) is 19.0 Å². The number of ether oxygens (including phenoxy) is 1. The van der Waals surface area contributed by atoms with E-state index in [9.17, 15) is 0 Å². The second-order valence-corrected chi connectivity index (χ2v) is 3.42. The second-order valence-electron chi connectivity index (χ2n) is 3.42. The predicted molar refractivity (Wildman–Crippen MR) is 61.9 cm³/mol. The SMILES string of the molecule is C=C(CC)COc1ccc(CCN)nc1. The molecule has 0 bridgehead atoms. The van der Waals surface area contributed by atoms with Crippen LogP contribution in [0.15, 0.2) is 30.5 Å². The van der Waals surface area contributed by atoms with Crippen molar-refractivity contribution in [2.45, 2.75) is 19.8 Å². The van der Waals surface area contributed by atoms with E-state index in [0.29, 0.717) is 13.2 Å². The molecule has 2 N–H and O–H groups in total. The Kier molecular flexibility index (Phi) is 4.84. The number of nitrogens with zero attached hydrogens (tertiary/aromatic N) is 1. The lowest BCUT2D eigenvalue weighted by molar-refractivity contribution is 0.347. The lowest BCUT2D eigenvalue weighted by Gasteiger charge is -2.07. The Morgan fingerprint density at radius 3 is 2.87 bits per heavy atom. The van der Waals surface area contributed by atoms with Gasteiger partial charge >= 0.3 is 0 Å². The van der Waals surface area contributed by atoms with Crippen molar-refractivity contribution in [2.24, 2.45) is 5.73 Å². The molecule has 82 valence electrons. The zero-order valence-electron chi connectivity index (χ0n) is 9.20. The van der Waals surface area contributed by atoms with Gasteiger partial charge in [-0.25, -0.2) is 0 Å². The lowest BCUT2D eigenvalue weighted by Crippen LogP contribution is -2.05. The van der Waals surface area contributed by atoms with Gasteiger partial charge in [0.25, 0.3) is 0 Å². The van der Waals surface area contributed by atoms with E-state index < -0.39 is 0 Å². The molecule has 0 radical (unpaired) electrons. The molecule has 0 spiro atoms. The van der Waals surface area contributed by atoms with Crippen LogP contribution in [0.2, 0.25) is 0 Å². The highest BCUT2D eigenvalue weighted by Gasteiger charge is 1.97. The Morgan fingerprint density at radius 1 is 1.53 bits per heavy atom. The monoisotopic (exact) mass is 206 g/mol. The zero-order valence-corrected chi connectivity index (χ0v) is 9.20. The van der Waals surface area contributed by atoms with Gasteiger partial charge < -0.3 is 10.5 Å². The van der Waals surface area contributed by atoms with E-state index in [2.05, 4.69) is 18.5 Å². The Morgan fingerprint density at radius 2 is 2.33 bits per heavy atom.